The number of phenolic OH excluding ortho intramolecular Hbond substituents is 1. The van der Waals surface area contributed by atoms with Crippen LogP contribution in [-0.4, -0.2) is 23.4 Å². The molecule has 0 radical (unpaired) electrons. The number of alkyl halides is 1. The molecule has 1 aromatic carbocycles. The summed E-state index contributed by atoms with van der Waals surface area (Å²) in [5.41, 5.74) is 0.556. The molecule has 1 unspecified atom stereocenters. The van der Waals surface area contributed by atoms with Gasteiger partial charge in [0.05, 0.1) is 5.69 Å². The molecule has 16 heavy (non-hydrogen) atoms. The number of hydrogen-bond acceptors (Lipinski definition) is 2. The first kappa shape index (κ1) is 11.7. The molecule has 2 rings (SSSR count). The second kappa shape index (κ2) is 4.63. The molecule has 1 aromatic rings. The van der Waals surface area contributed by atoms with Gasteiger partial charge in [0.15, 0.2) is 0 Å². The number of aromatic hydroxyl groups is 1. The van der Waals surface area contributed by atoms with Crippen molar-refractivity contribution in [3.8, 4) is 5.75 Å². The molecule has 1 aliphatic heterocycles. The van der Waals surface area contributed by atoms with Crippen molar-refractivity contribution in [3.63, 3.8) is 0 Å². The van der Waals surface area contributed by atoms with Crippen LogP contribution in [0.3, 0.4) is 0 Å². The number of halogens is 2. The van der Waals surface area contributed by atoms with Crippen molar-refractivity contribution in [1.82, 2.24) is 0 Å². The highest BCUT2D eigenvalue weighted by Crippen LogP contribution is 2.34. The molecule has 5 heteroatoms. The maximum Gasteiger partial charge on any atom is 0.227 e. The molecule has 0 saturated carbocycles. The summed E-state index contributed by atoms with van der Waals surface area (Å²) in [5.74, 6) is 0.776. The third kappa shape index (κ3) is 2.18. The molecule has 0 aliphatic carbocycles. The van der Waals surface area contributed by atoms with Gasteiger partial charge in [-0.1, -0.05) is 15.9 Å². The highest BCUT2D eigenvalue weighted by Gasteiger charge is 2.31. The minimum atomic E-state index is 0.0169. The number of rotatable bonds is 2. The summed E-state index contributed by atoms with van der Waals surface area (Å²) in [6, 6.07) is 5.11. The van der Waals surface area contributed by atoms with Crippen molar-refractivity contribution in [2.75, 3.05) is 17.3 Å². The van der Waals surface area contributed by atoms with Crippen LogP contribution in [0.5, 0.6) is 5.75 Å². The first-order valence-corrected chi connectivity index (χ1v) is 6.29. The molecule has 0 aromatic heterocycles. The van der Waals surface area contributed by atoms with Crippen LogP contribution in [0.25, 0.3) is 0 Å². The molecular weight excluding hydrogens is 293 g/mol. The fraction of sp³-hybridized carbons (Fsp3) is 0.364. The van der Waals surface area contributed by atoms with E-state index in [9.17, 15) is 9.90 Å². The number of benzene rings is 1. The van der Waals surface area contributed by atoms with E-state index in [1.54, 1.807) is 23.1 Å². The fourth-order valence-corrected chi connectivity index (χ4v) is 2.40. The molecule has 1 amide bonds. The largest absolute Gasteiger partial charge is 0.506 e. The molecule has 1 heterocycles. The average Bonchev–Trinajstić information content (AvgIpc) is 2.60. The molecule has 0 spiro atoms. The number of carbonyl (C=O) groups is 1. The Morgan fingerprint density at radius 1 is 1.56 bits per heavy atom. The van der Waals surface area contributed by atoms with Crippen LogP contribution in [0.2, 0.25) is 0 Å². The van der Waals surface area contributed by atoms with E-state index >= 15 is 0 Å². The number of amides is 1. The Hall–Kier alpha value is -0.740. The molecule has 1 saturated heterocycles. The predicted molar refractivity (Wildman–Crippen MR) is 67.0 cm³/mol. The Kier molecular flexibility index (Phi) is 3.40. The normalized spacial score (nSPS) is 20.5. The molecule has 1 N–H and O–H groups in total. The van der Waals surface area contributed by atoms with E-state index < -0.39 is 0 Å². The molecule has 0 bridgehead atoms. The SMILES string of the molecule is O=C1CC(CCl)CN1c1ccc(Br)cc1O. The van der Waals surface area contributed by atoms with Crippen LogP contribution in [0, 0.1) is 5.92 Å². The Bertz CT molecular complexity index is 424. The van der Waals surface area contributed by atoms with Crippen molar-refractivity contribution in [1.29, 1.82) is 0 Å². The summed E-state index contributed by atoms with van der Waals surface area (Å²) in [4.78, 5) is 13.3. The predicted octanol–water partition coefficient (Wildman–Crippen LogP) is 2.75. The van der Waals surface area contributed by atoms with Gasteiger partial charge in [-0.25, -0.2) is 0 Å². The van der Waals surface area contributed by atoms with Gasteiger partial charge in [0.25, 0.3) is 0 Å². The lowest BCUT2D eigenvalue weighted by Crippen LogP contribution is -2.24. The molecule has 86 valence electrons. The summed E-state index contributed by atoms with van der Waals surface area (Å²) in [6.07, 6.45) is 0.457. The first-order chi connectivity index (χ1) is 7.61. The summed E-state index contributed by atoms with van der Waals surface area (Å²) in [6.45, 7) is 0.581. The smallest absolute Gasteiger partial charge is 0.227 e. The van der Waals surface area contributed by atoms with Crippen molar-refractivity contribution in [3.05, 3.63) is 22.7 Å². The van der Waals surface area contributed by atoms with E-state index in [2.05, 4.69) is 15.9 Å². The Labute approximate surface area is 107 Å². The summed E-state index contributed by atoms with van der Waals surface area (Å²) < 4.78 is 0.786. The van der Waals surface area contributed by atoms with Gasteiger partial charge in [-0.05, 0) is 24.1 Å². The van der Waals surface area contributed by atoms with Gasteiger partial charge in [0, 0.05) is 23.3 Å². The van der Waals surface area contributed by atoms with Gasteiger partial charge in [-0.3, -0.25) is 4.79 Å². The maximum absolute atomic E-state index is 11.7. The Morgan fingerprint density at radius 3 is 2.88 bits per heavy atom. The fourth-order valence-electron chi connectivity index (χ4n) is 1.84. The number of anilines is 1. The van der Waals surface area contributed by atoms with E-state index in [1.807, 2.05) is 0 Å². The lowest BCUT2D eigenvalue weighted by Gasteiger charge is -2.17. The number of carbonyl (C=O) groups excluding carboxylic acids is 1. The minimum absolute atomic E-state index is 0.0169. The van der Waals surface area contributed by atoms with E-state index in [4.69, 9.17) is 11.6 Å². The van der Waals surface area contributed by atoms with Crippen LogP contribution in [-0.2, 0) is 4.79 Å². The second-order valence-corrected chi connectivity index (χ2v) is 5.09. The minimum Gasteiger partial charge on any atom is -0.506 e. The zero-order chi connectivity index (χ0) is 11.7. The van der Waals surface area contributed by atoms with Gasteiger partial charge < -0.3 is 10.0 Å². The Balaban J connectivity index is 2.28. The zero-order valence-corrected chi connectivity index (χ0v) is 10.8. The van der Waals surface area contributed by atoms with Crippen LogP contribution >= 0.6 is 27.5 Å². The van der Waals surface area contributed by atoms with Gasteiger partial charge in [0.2, 0.25) is 5.91 Å². The standard InChI is InChI=1S/C11H11BrClNO2/c12-8-1-2-9(10(15)4-8)14-6-7(5-13)3-11(14)16/h1-2,4,7,15H,3,5-6H2. The zero-order valence-electron chi connectivity index (χ0n) is 8.49. The molecule has 1 fully saturated rings. The van der Waals surface area contributed by atoms with Crippen LogP contribution in [0.4, 0.5) is 5.69 Å². The topological polar surface area (TPSA) is 40.5 Å². The third-order valence-corrected chi connectivity index (χ3v) is 3.58. The molecular formula is C11H11BrClNO2. The van der Waals surface area contributed by atoms with Crippen LogP contribution < -0.4 is 4.90 Å². The average molecular weight is 305 g/mol. The number of nitrogens with zero attached hydrogens (tertiary/aromatic N) is 1. The summed E-state index contributed by atoms with van der Waals surface area (Å²) in [7, 11) is 0. The first-order valence-electron chi connectivity index (χ1n) is 4.96. The van der Waals surface area contributed by atoms with Gasteiger partial charge in [-0.15, -0.1) is 11.6 Å². The third-order valence-electron chi connectivity index (χ3n) is 2.65. The van der Waals surface area contributed by atoms with Gasteiger partial charge in [0.1, 0.15) is 5.75 Å². The van der Waals surface area contributed by atoms with E-state index in [0.717, 1.165) is 4.47 Å². The van der Waals surface area contributed by atoms with Crippen molar-refractivity contribution >= 4 is 39.1 Å². The highest BCUT2D eigenvalue weighted by molar-refractivity contribution is 9.10. The van der Waals surface area contributed by atoms with E-state index in [0.29, 0.717) is 24.5 Å². The van der Waals surface area contributed by atoms with Crippen LogP contribution in [0.15, 0.2) is 22.7 Å². The lowest BCUT2D eigenvalue weighted by atomic mass is 10.1. The monoisotopic (exact) mass is 303 g/mol. The summed E-state index contributed by atoms with van der Waals surface area (Å²) in [5, 5.41) is 9.77. The van der Waals surface area contributed by atoms with Crippen molar-refractivity contribution in [2.24, 2.45) is 5.92 Å². The van der Waals surface area contributed by atoms with Crippen molar-refractivity contribution < 1.29 is 9.90 Å². The second-order valence-electron chi connectivity index (χ2n) is 3.86. The van der Waals surface area contributed by atoms with Crippen molar-refractivity contribution in [2.45, 2.75) is 6.42 Å². The van der Waals surface area contributed by atoms with Gasteiger partial charge in [-0.2, -0.15) is 0 Å². The van der Waals surface area contributed by atoms with Gasteiger partial charge >= 0.3 is 0 Å². The molecule has 1 aliphatic rings. The quantitative estimate of drug-likeness (QED) is 0.854. The Morgan fingerprint density at radius 2 is 2.31 bits per heavy atom. The summed E-state index contributed by atoms with van der Waals surface area (Å²) >= 11 is 9.00. The number of phenols is 1. The van der Waals surface area contributed by atoms with E-state index in [-0.39, 0.29) is 17.6 Å². The van der Waals surface area contributed by atoms with Crippen LogP contribution in [0.1, 0.15) is 6.42 Å². The maximum atomic E-state index is 11.7. The number of hydrogen-bond donors (Lipinski definition) is 1. The molecule has 1 atom stereocenters. The van der Waals surface area contributed by atoms with E-state index in [1.165, 1.54) is 0 Å². The lowest BCUT2D eigenvalue weighted by molar-refractivity contribution is -0.117. The highest BCUT2D eigenvalue weighted by atomic mass is 79.9. The molecule has 3 nitrogen and oxygen atoms in total.